The maximum Gasteiger partial charge on any atom is 0.410 e. The number of ether oxygens (including phenoxy) is 1. The van der Waals surface area contributed by atoms with Gasteiger partial charge in [0, 0.05) is 30.3 Å². The predicted molar refractivity (Wildman–Crippen MR) is 118 cm³/mol. The zero-order valence-corrected chi connectivity index (χ0v) is 18.7. The number of fused-ring (bicyclic) bond motifs is 1. The summed E-state index contributed by atoms with van der Waals surface area (Å²) >= 11 is 0. The Morgan fingerprint density at radius 2 is 1.81 bits per heavy atom. The fraction of sp³-hybridized carbons (Fsp3) is 0.409. The summed E-state index contributed by atoms with van der Waals surface area (Å²) in [7, 11) is -3.23. The molecule has 0 atom stereocenters. The van der Waals surface area contributed by atoms with Crippen LogP contribution in [0.3, 0.4) is 0 Å². The lowest BCUT2D eigenvalue weighted by molar-refractivity contribution is 0.0656. The van der Waals surface area contributed by atoms with Crippen LogP contribution in [0, 0.1) is 0 Å². The van der Waals surface area contributed by atoms with Crippen LogP contribution in [0.25, 0.3) is 22.2 Å². The van der Waals surface area contributed by atoms with E-state index in [9.17, 15) is 13.2 Å². The molecule has 9 heteroatoms. The third-order valence-corrected chi connectivity index (χ3v) is 6.59. The Hall–Kier alpha value is -2.94. The van der Waals surface area contributed by atoms with Crippen LogP contribution in [0.2, 0.25) is 0 Å². The third kappa shape index (κ3) is 4.56. The molecule has 0 saturated carbocycles. The van der Waals surface area contributed by atoms with Crippen molar-refractivity contribution in [2.24, 2.45) is 0 Å². The van der Waals surface area contributed by atoms with Gasteiger partial charge in [-0.3, -0.25) is 9.67 Å². The number of rotatable bonds is 4. The van der Waals surface area contributed by atoms with Crippen molar-refractivity contribution in [3.05, 3.63) is 42.7 Å². The topological polar surface area (TPSA) is 94.4 Å². The summed E-state index contributed by atoms with van der Waals surface area (Å²) in [6.45, 7) is 4.97. The largest absolute Gasteiger partial charge is 0.447 e. The van der Waals surface area contributed by atoms with Crippen LogP contribution < -0.4 is 0 Å². The summed E-state index contributed by atoms with van der Waals surface area (Å²) in [5.41, 5.74) is 2.55. The number of nitrogens with zero attached hydrogens (tertiary/aromatic N) is 4. The Labute approximate surface area is 181 Å². The second kappa shape index (κ2) is 8.30. The number of piperidine rings is 1. The maximum atomic E-state index is 12.1. The van der Waals surface area contributed by atoms with Crippen molar-refractivity contribution in [2.75, 3.05) is 19.3 Å². The Morgan fingerprint density at radius 3 is 2.42 bits per heavy atom. The van der Waals surface area contributed by atoms with E-state index in [4.69, 9.17) is 4.74 Å². The van der Waals surface area contributed by atoms with Crippen LogP contribution in [-0.2, 0) is 14.6 Å². The van der Waals surface area contributed by atoms with Gasteiger partial charge in [0.05, 0.1) is 40.6 Å². The highest BCUT2D eigenvalue weighted by Gasteiger charge is 2.26. The van der Waals surface area contributed by atoms with E-state index in [0.717, 1.165) is 35.0 Å². The van der Waals surface area contributed by atoms with Crippen LogP contribution in [0.1, 0.15) is 32.7 Å². The molecule has 0 spiro atoms. The summed E-state index contributed by atoms with van der Waals surface area (Å²) in [6, 6.07) is 8.88. The molecule has 0 unspecified atom stereocenters. The molecule has 1 aliphatic heterocycles. The Kier molecular flexibility index (Phi) is 5.70. The number of hydrogen-bond acceptors (Lipinski definition) is 6. The van der Waals surface area contributed by atoms with Gasteiger partial charge in [-0.05, 0) is 44.9 Å². The summed E-state index contributed by atoms with van der Waals surface area (Å²) < 4.78 is 30.6. The van der Waals surface area contributed by atoms with Gasteiger partial charge in [-0.1, -0.05) is 12.1 Å². The fourth-order valence-electron chi connectivity index (χ4n) is 3.84. The number of sulfone groups is 1. The first-order chi connectivity index (χ1) is 14.7. The van der Waals surface area contributed by atoms with E-state index in [1.807, 2.05) is 37.0 Å². The smallest absolute Gasteiger partial charge is 0.410 e. The first kappa shape index (κ1) is 21.3. The first-order valence-electron chi connectivity index (χ1n) is 10.3. The summed E-state index contributed by atoms with van der Waals surface area (Å²) in [6.07, 6.45) is 6.05. The van der Waals surface area contributed by atoms with Crippen LogP contribution in [0.5, 0.6) is 0 Å². The van der Waals surface area contributed by atoms with Gasteiger partial charge in [0.25, 0.3) is 0 Å². The molecule has 0 N–H and O–H groups in total. The molecule has 0 aliphatic carbocycles. The average Bonchev–Trinajstić information content (AvgIpc) is 3.16. The molecule has 1 fully saturated rings. The van der Waals surface area contributed by atoms with Crippen LogP contribution in [-0.4, -0.2) is 59.6 Å². The van der Waals surface area contributed by atoms with Crippen LogP contribution in [0.15, 0.2) is 47.6 Å². The molecule has 0 bridgehead atoms. The molecule has 0 radical (unpaired) electrons. The van der Waals surface area contributed by atoms with Gasteiger partial charge in [0.1, 0.15) is 0 Å². The van der Waals surface area contributed by atoms with E-state index >= 15 is 0 Å². The highest BCUT2D eigenvalue weighted by molar-refractivity contribution is 7.90. The number of carbonyl (C=O) groups is 1. The number of amides is 1. The SMILES string of the molecule is CC(C)OC(=O)N1CCC(n2ncc3cc(-c4ccc(S(C)(=O)=O)cc4)ncc32)CC1. The molecular formula is C22H26N4O4S. The molecule has 31 heavy (non-hydrogen) atoms. The molecule has 2 aromatic heterocycles. The number of pyridine rings is 1. The second-order valence-corrected chi connectivity index (χ2v) is 10.2. The molecular weight excluding hydrogens is 416 g/mol. The Balaban J connectivity index is 1.50. The zero-order chi connectivity index (χ0) is 22.2. The van der Waals surface area contributed by atoms with Crippen molar-refractivity contribution in [2.45, 2.75) is 43.7 Å². The highest BCUT2D eigenvalue weighted by Crippen LogP contribution is 2.28. The molecule has 8 nitrogen and oxygen atoms in total. The van der Waals surface area contributed by atoms with Gasteiger partial charge in [0.15, 0.2) is 9.84 Å². The van der Waals surface area contributed by atoms with Gasteiger partial charge in [-0.2, -0.15) is 5.10 Å². The second-order valence-electron chi connectivity index (χ2n) is 8.16. The molecule has 1 saturated heterocycles. The van der Waals surface area contributed by atoms with Crippen molar-refractivity contribution in [1.29, 1.82) is 0 Å². The fourth-order valence-corrected chi connectivity index (χ4v) is 4.47. The lowest BCUT2D eigenvalue weighted by Crippen LogP contribution is -2.40. The van der Waals surface area contributed by atoms with Crippen LogP contribution in [0.4, 0.5) is 4.79 Å². The van der Waals surface area contributed by atoms with Crippen molar-refractivity contribution in [3.63, 3.8) is 0 Å². The van der Waals surface area contributed by atoms with E-state index < -0.39 is 9.84 Å². The average molecular weight is 443 g/mol. The third-order valence-electron chi connectivity index (χ3n) is 5.47. The highest BCUT2D eigenvalue weighted by atomic mass is 32.2. The lowest BCUT2D eigenvalue weighted by atomic mass is 10.1. The van der Waals surface area contributed by atoms with Crippen LogP contribution >= 0.6 is 0 Å². The standard InChI is InChI=1S/C22H26N4O4S/c1-15(2)30-22(27)25-10-8-18(9-11-25)26-21-14-23-20(12-17(21)13-24-26)16-4-6-19(7-5-16)31(3,28)29/h4-7,12-15,18H,8-11H2,1-3H3. The zero-order valence-electron chi connectivity index (χ0n) is 17.9. The van der Waals surface area contributed by atoms with Crippen molar-refractivity contribution in [3.8, 4) is 11.3 Å². The van der Waals surface area contributed by atoms with Crippen molar-refractivity contribution < 1.29 is 17.9 Å². The van der Waals surface area contributed by atoms with Gasteiger partial charge in [-0.15, -0.1) is 0 Å². The summed E-state index contributed by atoms with van der Waals surface area (Å²) in [5.74, 6) is 0. The molecule has 1 aromatic carbocycles. The molecule has 3 heterocycles. The number of aromatic nitrogens is 3. The normalized spacial score (nSPS) is 15.5. The minimum Gasteiger partial charge on any atom is -0.447 e. The first-order valence-corrected chi connectivity index (χ1v) is 12.2. The van der Waals surface area contributed by atoms with Gasteiger partial charge >= 0.3 is 6.09 Å². The minimum absolute atomic E-state index is 0.122. The molecule has 1 aliphatic rings. The predicted octanol–water partition coefficient (Wildman–Crippen LogP) is 3.68. The monoisotopic (exact) mass is 442 g/mol. The van der Waals surface area contributed by atoms with E-state index in [-0.39, 0.29) is 23.1 Å². The number of hydrogen-bond donors (Lipinski definition) is 0. The lowest BCUT2D eigenvalue weighted by Gasteiger charge is -2.32. The summed E-state index contributed by atoms with van der Waals surface area (Å²) in [5, 5.41) is 5.55. The molecule has 3 aromatic rings. The van der Waals surface area contributed by atoms with E-state index in [1.54, 1.807) is 29.2 Å². The number of benzene rings is 1. The number of carbonyl (C=O) groups excluding carboxylic acids is 1. The van der Waals surface area contributed by atoms with Gasteiger partial charge in [0.2, 0.25) is 0 Å². The maximum absolute atomic E-state index is 12.1. The molecule has 4 rings (SSSR count). The molecule has 1 amide bonds. The van der Waals surface area contributed by atoms with E-state index in [2.05, 4.69) is 10.1 Å². The minimum atomic E-state index is -3.23. The van der Waals surface area contributed by atoms with E-state index in [1.165, 1.54) is 6.26 Å². The molecule has 164 valence electrons. The number of likely N-dealkylation sites (tertiary alicyclic amines) is 1. The Bertz CT molecular complexity index is 1190. The Morgan fingerprint density at radius 1 is 1.13 bits per heavy atom. The van der Waals surface area contributed by atoms with E-state index in [0.29, 0.717) is 13.1 Å². The van der Waals surface area contributed by atoms with Gasteiger partial charge in [-0.25, -0.2) is 13.2 Å². The van der Waals surface area contributed by atoms with Crippen molar-refractivity contribution in [1.82, 2.24) is 19.7 Å². The summed E-state index contributed by atoms with van der Waals surface area (Å²) in [4.78, 5) is 18.7. The van der Waals surface area contributed by atoms with Crippen molar-refractivity contribution >= 4 is 26.8 Å². The van der Waals surface area contributed by atoms with Gasteiger partial charge < -0.3 is 9.64 Å². The quantitative estimate of drug-likeness (QED) is 0.612.